The van der Waals surface area contributed by atoms with Gasteiger partial charge in [-0.3, -0.25) is 0 Å². The van der Waals surface area contributed by atoms with Crippen molar-refractivity contribution < 1.29 is 9.53 Å². The molecule has 0 amide bonds. The van der Waals surface area contributed by atoms with E-state index in [0.717, 1.165) is 10.5 Å². The van der Waals surface area contributed by atoms with Gasteiger partial charge in [-0.15, -0.1) is 11.3 Å². The zero-order chi connectivity index (χ0) is 15.4. The molecule has 0 atom stereocenters. The highest BCUT2D eigenvalue weighted by atomic mass is 32.2. The number of esters is 1. The molecular formula is C18H14O2S2. The third-order valence-electron chi connectivity index (χ3n) is 3.13. The van der Waals surface area contributed by atoms with Crippen molar-refractivity contribution in [1.82, 2.24) is 0 Å². The molecule has 22 heavy (non-hydrogen) atoms. The Balaban J connectivity index is 1.67. The number of ether oxygens (including phenoxy) is 1. The van der Waals surface area contributed by atoms with Gasteiger partial charge >= 0.3 is 5.97 Å². The van der Waals surface area contributed by atoms with Crippen molar-refractivity contribution in [2.45, 2.75) is 16.4 Å². The molecule has 0 N–H and O–H groups in total. The lowest BCUT2D eigenvalue weighted by Crippen LogP contribution is -1.99. The number of thiophene rings is 1. The van der Waals surface area contributed by atoms with Gasteiger partial charge in [0, 0.05) is 20.6 Å². The SMILES string of the molecule is C=CC(=O)OCc1ccc(Sc2ccc3sccc3c2)cc1. The van der Waals surface area contributed by atoms with Crippen LogP contribution in [0.5, 0.6) is 0 Å². The Bertz CT molecular complexity index is 803. The molecular weight excluding hydrogens is 312 g/mol. The van der Waals surface area contributed by atoms with Crippen LogP contribution in [0.25, 0.3) is 10.1 Å². The predicted octanol–water partition coefficient (Wildman–Crippen LogP) is 5.28. The van der Waals surface area contributed by atoms with Gasteiger partial charge < -0.3 is 4.74 Å². The highest BCUT2D eigenvalue weighted by Crippen LogP contribution is 2.31. The van der Waals surface area contributed by atoms with Crippen LogP contribution in [0.4, 0.5) is 0 Å². The molecule has 0 saturated carbocycles. The smallest absolute Gasteiger partial charge is 0.330 e. The fraction of sp³-hybridized carbons (Fsp3) is 0.0556. The molecule has 4 heteroatoms. The largest absolute Gasteiger partial charge is 0.458 e. The van der Waals surface area contributed by atoms with Crippen LogP contribution in [-0.4, -0.2) is 5.97 Å². The van der Waals surface area contributed by atoms with Crippen LogP contribution in [0.1, 0.15) is 5.56 Å². The maximum absolute atomic E-state index is 11.0. The minimum absolute atomic E-state index is 0.274. The van der Waals surface area contributed by atoms with Crippen molar-refractivity contribution in [3.05, 3.63) is 72.1 Å². The maximum atomic E-state index is 11.0. The van der Waals surface area contributed by atoms with Crippen molar-refractivity contribution in [3.8, 4) is 0 Å². The number of carbonyl (C=O) groups is 1. The van der Waals surface area contributed by atoms with E-state index in [0.29, 0.717) is 0 Å². The van der Waals surface area contributed by atoms with Crippen LogP contribution < -0.4 is 0 Å². The van der Waals surface area contributed by atoms with Gasteiger partial charge in [0.25, 0.3) is 0 Å². The van der Waals surface area contributed by atoms with Crippen LogP contribution in [0, 0.1) is 0 Å². The standard InChI is InChI=1S/C18H14O2S2/c1-2-18(19)20-12-13-3-5-15(6-4-13)22-16-7-8-17-14(11-16)9-10-21-17/h2-11H,1,12H2. The lowest BCUT2D eigenvalue weighted by molar-refractivity contribution is -0.138. The van der Waals surface area contributed by atoms with Gasteiger partial charge in [-0.05, 0) is 52.7 Å². The van der Waals surface area contributed by atoms with E-state index in [2.05, 4.69) is 36.2 Å². The van der Waals surface area contributed by atoms with Crippen LogP contribution in [0.15, 0.2) is 76.4 Å². The van der Waals surface area contributed by atoms with Crippen LogP contribution >= 0.6 is 23.1 Å². The van der Waals surface area contributed by atoms with E-state index in [-0.39, 0.29) is 6.61 Å². The van der Waals surface area contributed by atoms with Gasteiger partial charge in [0.2, 0.25) is 0 Å². The quantitative estimate of drug-likeness (QED) is 0.471. The first-order valence-electron chi connectivity index (χ1n) is 6.78. The number of carbonyl (C=O) groups excluding carboxylic acids is 1. The highest BCUT2D eigenvalue weighted by molar-refractivity contribution is 7.99. The Hall–Kier alpha value is -2.04. The van der Waals surface area contributed by atoms with E-state index in [9.17, 15) is 4.79 Å². The normalized spacial score (nSPS) is 10.5. The molecule has 0 aliphatic carbocycles. The summed E-state index contributed by atoms with van der Waals surface area (Å²) in [6.45, 7) is 3.65. The Morgan fingerprint density at radius 2 is 1.91 bits per heavy atom. The lowest BCUT2D eigenvalue weighted by atomic mass is 10.2. The Morgan fingerprint density at radius 3 is 2.68 bits per heavy atom. The summed E-state index contributed by atoms with van der Waals surface area (Å²) in [6, 6.07) is 16.7. The third-order valence-corrected chi connectivity index (χ3v) is 5.03. The molecule has 0 fully saturated rings. The predicted molar refractivity (Wildman–Crippen MR) is 92.4 cm³/mol. The molecule has 2 nitrogen and oxygen atoms in total. The van der Waals surface area contributed by atoms with E-state index in [4.69, 9.17) is 4.74 Å². The zero-order valence-electron chi connectivity index (χ0n) is 11.8. The van der Waals surface area contributed by atoms with E-state index in [1.807, 2.05) is 24.3 Å². The highest BCUT2D eigenvalue weighted by Gasteiger charge is 2.02. The topological polar surface area (TPSA) is 26.3 Å². The third kappa shape index (κ3) is 3.59. The zero-order valence-corrected chi connectivity index (χ0v) is 13.5. The average molecular weight is 326 g/mol. The molecule has 0 aliphatic heterocycles. The minimum Gasteiger partial charge on any atom is -0.458 e. The van der Waals surface area contributed by atoms with Crippen LogP contribution in [-0.2, 0) is 16.1 Å². The molecule has 1 heterocycles. The second-order valence-corrected chi connectivity index (χ2v) is 6.77. The molecule has 1 aromatic heterocycles. The molecule has 110 valence electrons. The van der Waals surface area contributed by atoms with Crippen molar-refractivity contribution in [1.29, 1.82) is 0 Å². The fourth-order valence-corrected chi connectivity index (χ4v) is 3.65. The summed E-state index contributed by atoms with van der Waals surface area (Å²) in [5.41, 5.74) is 0.966. The first kappa shape index (κ1) is 14.9. The second kappa shape index (κ2) is 6.81. The Kier molecular flexibility index (Phi) is 4.61. The summed E-state index contributed by atoms with van der Waals surface area (Å²) in [5, 5.41) is 3.39. The van der Waals surface area contributed by atoms with Gasteiger partial charge in [0.05, 0.1) is 0 Å². The first-order valence-corrected chi connectivity index (χ1v) is 8.47. The van der Waals surface area contributed by atoms with Crippen molar-refractivity contribution in [2.24, 2.45) is 0 Å². The van der Waals surface area contributed by atoms with Crippen LogP contribution in [0.2, 0.25) is 0 Å². The fourth-order valence-electron chi connectivity index (χ4n) is 2.01. The average Bonchev–Trinajstić information content (AvgIpc) is 3.01. The molecule has 0 bridgehead atoms. The molecule has 3 aromatic rings. The summed E-state index contributed by atoms with van der Waals surface area (Å²) in [6.07, 6.45) is 1.17. The van der Waals surface area contributed by atoms with Crippen LogP contribution in [0.3, 0.4) is 0 Å². The van der Waals surface area contributed by atoms with E-state index >= 15 is 0 Å². The first-order chi connectivity index (χ1) is 10.7. The van der Waals surface area contributed by atoms with Crippen molar-refractivity contribution >= 4 is 39.2 Å². The van der Waals surface area contributed by atoms with E-state index in [1.165, 1.54) is 21.1 Å². The van der Waals surface area contributed by atoms with E-state index < -0.39 is 5.97 Å². The Morgan fingerprint density at radius 1 is 1.14 bits per heavy atom. The number of hydrogen-bond acceptors (Lipinski definition) is 4. The van der Waals surface area contributed by atoms with E-state index in [1.54, 1.807) is 23.1 Å². The molecule has 0 aliphatic rings. The van der Waals surface area contributed by atoms with Gasteiger partial charge in [0.15, 0.2) is 0 Å². The van der Waals surface area contributed by atoms with Gasteiger partial charge in [-0.2, -0.15) is 0 Å². The molecule has 0 unspecified atom stereocenters. The summed E-state index contributed by atoms with van der Waals surface area (Å²) in [5.74, 6) is -0.400. The number of fused-ring (bicyclic) bond motifs is 1. The maximum Gasteiger partial charge on any atom is 0.330 e. The minimum atomic E-state index is -0.400. The van der Waals surface area contributed by atoms with Gasteiger partial charge in [-0.25, -0.2) is 4.79 Å². The molecule has 2 aromatic carbocycles. The van der Waals surface area contributed by atoms with Gasteiger partial charge in [0.1, 0.15) is 6.61 Å². The number of rotatable bonds is 5. The molecule has 0 spiro atoms. The summed E-state index contributed by atoms with van der Waals surface area (Å²) < 4.78 is 6.32. The molecule has 3 rings (SSSR count). The number of hydrogen-bond donors (Lipinski definition) is 0. The summed E-state index contributed by atoms with van der Waals surface area (Å²) in [7, 11) is 0. The summed E-state index contributed by atoms with van der Waals surface area (Å²) in [4.78, 5) is 13.4. The lowest BCUT2D eigenvalue weighted by Gasteiger charge is -2.05. The number of benzene rings is 2. The molecule has 0 saturated heterocycles. The second-order valence-electron chi connectivity index (χ2n) is 4.68. The Labute approximate surface area is 137 Å². The van der Waals surface area contributed by atoms with Gasteiger partial charge in [-0.1, -0.05) is 30.5 Å². The summed E-state index contributed by atoms with van der Waals surface area (Å²) >= 11 is 3.48. The monoisotopic (exact) mass is 326 g/mol. The molecule has 0 radical (unpaired) electrons. The van der Waals surface area contributed by atoms with Crippen molar-refractivity contribution in [3.63, 3.8) is 0 Å². The van der Waals surface area contributed by atoms with Crippen molar-refractivity contribution in [2.75, 3.05) is 0 Å².